The van der Waals surface area contributed by atoms with Crippen LogP contribution in [-0.2, 0) is 0 Å². The summed E-state index contributed by atoms with van der Waals surface area (Å²) in [7, 11) is 3.57. The second-order valence-electron chi connectivity index (χ2n) is 4.08. The smallest absolute Gasteiger partial charge is 0.239 e. The number of nitrogens with zero attached hydrogens (tertiary/aromatic N) is 3. The highest BCUT2D eigenvalue weighted by Crippen LogP contribution is 2.32. The Morgan fingerprint density at radius 2 is 2.05 bits per heavy atom. The molecule has 0 radical (unpaired) electrons. The summed E-state index contributed by atoms with van der Waals surface area (Å²) in [6.07, 6.45) is 1.73. The minimum Gasteiger partial charge on any atom is -0.495 e. The quantitative estimate of drug-likeness (QED) is 0.644. The number of para-hydroxylation sites is 2. The molecular weight excluding hydrogens is 242 g/mol. The fourth-order valence-electron chi connectivity index (χ4n) is 1.86. The van der Waals surface area contributed by atoms with Gasteiger partial charge < -0.3 is 9.64 Å². The molecule has 0 spiro atoms. The van der Waals surface area contributed by atoms with Crippen LogP contribution in [0.15, 0.2) is 30.5 Å². The van der Waals surface area contributed by atoms with Gasteiger partial charge in [0, 0.05) is 18.8 Å². The van der Waals surface area contributed by atoms with Gasteiger partial charge in [0.05, 0.1) is 12.8 Å². The molecule has 0 saturated carbocycles. The molecule has 1 heterocycles. The lowest BCUT2D eigenvalue weighted by molar-refractivity contribution is 0.415. The molecule has 6 heteroatoms. The zero-order valence-corrected chi connectivity index (χ0v) is 11.2. The van der Waals surface area contributed by atoms with E-state index in [0.717, 1.165) is 22.8 Å². The number of nitrogens with one attached hydrogen (secondary N) is 1. The van der Waals surface area contributed by atoms with Gasteiger partial charge in [0.25, 0.3) is 0 Å². The van der Waals surface area contributed by atoms with Crippen molar-refractivity contribution in [2.45, 2.75) is 6.92 Å². The first-order valence-electron chi connectivity index (χ1n) is 5.84. The number of aromatic nitrogens is 2. The fraction of sp³-hybridized carbons (Fsp3) is 0.231. The van der Waals surface area contributed by atoms with Gasteiger partial charge >= 0.3 is 0 Å². The Morgan fingerprint density at radius 3 is 2.74 bits per heavy atom. The van der Waals surface area contributed by atoms with Crippen LogP contribution in [-0.4, -0.2) is 24.1 Å². The van der Waals surface area contributed by atoms with Crippen LogP contribution < -0.4 is 20.9 Å². The van der Waals surface area contributed by atoms with Crippen molar-refractivity contribution in [2.24, 2.45) is 5.84 Å². The number of methoxy groups -OCH3 is 1. The van der Waals surface area contributed by atoms with Crippen LogP contribution in [0.4, 0.5) is 17.5 Å². The number of benzene rings is 1. The van der Waals surface area contributed by atoms with Crippen molar-refractivity contribution in [1.82, 2.24) is 9.97 Å². The van der Waals surface area contributed by atoms with Crippen molar-refractivity contribution in [1.29, 1.82) is 0 Å². The molecule has 0 aliphatic heterocycles. The van der Waals surface area contributed by atoms with Gasteiger partial charge in [0.15, 0.2) is 0 Å². The van der Waals surface area contributed by atoms with Gasteiger partial charge in [-0.25, -0.2) is 10.8 Å². The number of aryl methyl sites for hydroxylation is 1. The third kappa shape index (κ3) is 2.58. The molecule has 6 nitrogen and oxygen atoms in total. The number of ether oxygens (including phenoxy) is 1. The number of nitrogens with two attached hydrogens (primary N) is 1. The third-order valence-corrected chi connectivity index (χ3v) is 2.84. The van der Waals surface area contributed by atoms with E-state index in [9.17, 15) is 0 Å². The summed E-state index contributed by atoms with van der Waals surface area (Å²) < 4.78 is 5.36. The lowest BCUT2D eigenvalue weighted by Gasteiger charge is -2.22. The summed E-state index contributed by atoms with van der Waals surface area (Å²) in [5, 5.41) is 0. The van der Waals surface area contributed by atoms with Crippen LogP contribution in [0.2, 0.25) is 0 Å². The lowest BCUT2D eigenvalue weighted by atomic mass is 10.2. The van der Waals surface area contributed by atoms with E-state index in [1.54, 1.807) is 13.3 Å². The number of hydrazine groups is 1. The van der Waals surface area contributed by atoms with Gasteiger partial charge in [-0.1, -0.05) is 12.1 Å². The molecule has 0 aliphatic carbocycles. The SMILES string of the molecule is COc1ccccc1N(C)c1nc(NN)ncc1C. The van der Waals surface area contributed by atoms with Crippen LogP contribution in [0.5, 0.6) is 5.75 Å². The summed E-state index contributed by atoms with van der Waals surface area (Å²) in [6.45, 7) is 1.95. The van der Waals surface area contributed by atoms with Crippen molar-refractivity contribution in [3.63, 3.8) is 0 Å². The number of rotatable bonds is 4. The molecule has 0 fully saturated rings. The highest BCUT2D eigenvalue weighted by molar-refractivity contribution is 5.68. The van der Waals surface area contributed by atoms with E-state index in [4.69, 9.17) is 10.6 Å². The van der Waals surface area contributed by atoms with Crippen LogP contribution >= 0.6 is 0 Å². The van der Waals surface area contributed by atoms with Gasteiger partial charge in [0.1, 0.15) is 11.6 Å². The van der Waals surface area contributed by atoms with Crippen LogP contribution in [0.25, 0.3) is 0 Å². The van der Waals surface area contributed by atoms with Gasteiger partial charge in [-0.3, -0.25) is 5.43 Å². The van der Waals surface area contributed by atoms with Crippen molar-refractivity contribution in [3.05, 3.63) is 36.0 Å². The van der Waals surface area contributed by atoms with Gasteiger partial charge in [-0.15, -0.1) is 0 Å². The molecule has 2 aromatic rings. The molecule has 0 unspecified atom stereocenters. The molecular formula is C13H17N5O. The standard InChI is InChI=1S/C13H17N5O/c1-9-8-15-13(17-14)16-12(9)18(2)10-6-4-5-7-11(10)19-3/h4-8H,14H2,1-3H3,(H,15,16,17). The van der Waals surface area contributed by atoms with Crippen molar-refractivity contribution < 1.29 is 4.74 Å². The first-order valence-corrected chi connectivity index (χ1v) is 5.84. The van der Waals surface area contributed by atoms with E-state index in [2.05, 4.69) is 15.4 Å². The Bertz CT molecular complexity index is 573. The van der Waals surface area contributed by atoms with Gasteiger partial charge in [0.2, 0.25) is 5.95 Å². The van der Waals surface area contributed by atoms with E-state index < -0.39 is 0 Å². The predicted molar refractivity (Wildman–Crippen MR) is 75.6 cm³/mol. The summed E-state index contributed by atoms with van der Waals surface area (Å²) in [5.74, 6) is 7.28. The van der Waals surface area contributed by atoms with E-state index in [-0.39, 0.29) is 0 Å². The minimum atomic E-state index is 0.377. The molecule has 100 valence electrons. The average molecular weight is 259 g/mol. The number of anilines is 3. The van der Waals surface area contributed by atoms with Gasteiger partial charge in [-0.2, -0.15) is 4.98 Å². The molecule has 0 amide bonds. The first kappa shape index (κ1) is 13.1. The first-order chi connectivity index (χ1) is 9.17. The molecule has 19 heavy (non-hydrogen) atoms. The van der Waals surface area contributed by atoms with Gasteiger partial charge in [-0.05, 0) is 19.1 Å². The Morgan fingerprint density at radius 1 is 1.32 bits per heavy atom. The lowest BCUT2D eigenvalue weighted by Crippen LogP contribution is -2.17. The summed E-state index contributed by atoms with van der Waals surface area (Å²) in [5.41, 5.74) is 4.33. The van der Waals surface area contributed by atoms with E-state index >= 15 is 0 Å². The zero-order chi connectivity index (χ0) is 13.8. The molecule has 3 N–H and O–H groups in total. The average Bonchev–Trinajstić information content (AvgIpc) is 2.47. The van der Waals surface area contributed by atoms with E-state index in [1.807, 2.05) is 43.1 Å². The second-order valence-corrected chi connectivity index (χ2v) is 4.08. The van der Waals surface area contributed by atoms with Crippen molar-refractivity contribution in [2.75, 3.05) is 24.5 Å². The predicted octanol–water partition coefficient (Wildman–Crippen LogP) is 1.85. The summed E-state index contributed by atoms with van der Waals surface area (Å²) in [6, 6.07) is 7.75. The maximum atomic E-state index is 5.36. The molecule has 0 bridgehead atoms. The number of nitrogen functional groups attached to an aromatic ring is 1. The Balaban J connectivity index is 2.46. The van der Waals surface area contributed by atoms with Crippen LogP contribution in [0.1, 0.15) is 5.56 Å². The summed E-state index contributed by atoms with van der Waals surface area (Å²) >= 11 is 0. The maximum absolute atomic E-state index is 5.36. The normalized spacial score (nSPS) is 10.1. The minimum absolute atomic E-state index is 0.377. The molecule has 0 atom stereocenters. The van der Waals surface area contributed by atoms with Crippen molar-refractivity contribution in [3.8, 4) is 5.75 Å². The Kier molecular flexibility index (Phi) is 3.82. The highest BCUT2D eigenvalue weighted by atomic mass is 16.5. The fourth-order valence-corrected chi connectivity index (χ4v) is 1.86. The second kappa shape index (κ2) is 5.53. The molecule has 0 saturated heterocycles. The monoisotopic (exact) mass is 259 g/mol. The number of hydrogen-bond acceptors (Lipinski definition) is 6. The van der Waals surface area contributed by atoms with E-state index in [0.29, 0.717) is 5.95 Å². The van der Waals surface area contributed by atoms with Crippen LogP contribution in [0, 0.1) is 6.92 Å². The Hall–Kier alpha value is -2.34. The largest absolute Gasteiger partial charge is 0.495 e. The number of hydrogen-bond donors (Lipinski definition) is 2. The zero-order valence-electron chi connectivity index (χ0n) is 11.2. The molecule has 0 aliphatic rings. The maximum Gasteiger partial charge on any atom is 0.239 e. The van der Waals surface area contributed by atoms with Crippen LogP contribution in [0.3, 0.4) is 0 Å². The third-order valence-electron chi connectivity index (χ3n) is 2.84. The molecule has 1 aromatic carbocycles. The van der Waals surface area contributed by atoms with E-state index in [1.165, 1.54) is 0 Å². The Labute approximate surface area is 112 Å². The topological polar surface area (TPSA) is 76.3 Å². The summed E-state index contributed by atoms with van der Waals surface area (Å²) in [4.78, 5) is 10.4. The highest BCUT2D eigenvalue weighted by Gasteiger charge is 2.13. The molecule has 1 aromatic heterocycles. The molecule has 2 rings (SSSR count). The van der Waals surface area contributed by atoms with Crippen molar-refractivity contribution >= 4 is 17.5 Å².